The summed E-state index contributed by atoms with van der Waals surface area (Å²) in [5.41, 5.74) is 1.57. The zero-order valence-corrected chi connectivity index (χ0v) is 8.07. The number of benzene rings is 1. The molecule has 0 saturated carbocycles. The average molecular weight is 203 g/mol. The van der Waals surface area contributed by atoms with Crippen molar-refractivity contribution in [3.8, 4) is 6.07 Å². The van der Waals surface area contributed by atoms with E-state index in [9.17, 15) is 0 Å². The van der Waals surface area contributed by atoms with Crippen LogP contribution in [0, 0.1) is 11.3 Å². The highest BCUT2D eigenvalue weighted by molar-refractivity contribution is 6.23. The van der Waals surface area contributed by atoms with E-state index < -0.39 is 5.38 Å². The largest absolute Gasteiger partial charge is 0.256 e. The molecule has 1 heterocycles. The van der Waals surface area contributed by atoms with Crippen molar-refractivity contribution in [3.63, 3.8) is 0 Å². The SMILES string of the molecule is N#CC(Cl)c1cccc2cccnc12. The Kier molecular flexibility index (Phi) is 2.34. The van der Waals surface area contributed by atoms with Crippen LogP contribution in [0.5, 0.6) is 0 Å². The first-order valence-electron chi connectivity index (χ1n) is 4.20. The summed E-state index contributed by atoms with van der Waals surface area (Å²) in [4.78, 5) is 4.21. The van der Waals surface area contributed by atoms with Gasteiger partial charge in [-0.1, -0.05) is 24.3 Å². The first kappa shape index (κ1) is 8.98. The molecule has 0 bridgehead atoms. The van der Waals surface area contributed by atoms with Crippen LogP contribution >= 0.6 is 11.6 Å². The van der Waals surface area contributed by atoms with E-state index in [0.29, 0.717) is 0 Å². The lowest BCUT2D eigenvalue weighted by Gasteiger charge is -2.04. The van der Waals surface area contributed by atoms with Crippen LogP contribution < -0.4 is 0 Å². The second-order valence-electron chi connectivity index (χ2n) is 2.91. The Bertz CT molecular complexity index is 497. The van der Waals surface area contributed by atoms with Crippen molar-refractivity contribution >= 4 is 22.5 Å². The highest BCUT2D eigenvalue weighted by Crippen LogP contribution is 2.25. The molecule has 68 valence electrons. The van der Waals surface area contributed by atoms with Gasteiger partial charge in [0.05, 0.1) is 11.6 Å². The zero-order chi connectivity index (χ0) is 9.97. The molecule has 1 aromatic carbocycles. The Morgan fingerprint density at radius 2 is 2.07 bits per heavy atom. The summed E-state index contributed by atoms with van der Waals surface area (Å²) in [6.07, 6.45) is 1.70. The number of halogens is 1. The van der Waals surface area contributed by atoms with Crippen LogP contribution in [0.4, 0.5) is 0 Å². The lowest BCUT2D eigenvalue weighted by molar-refractivity contribution is 1.21. The molecule has 1 atom stereocenters. The number of aromatic nitrogens is 1. The minimum atomic E-state index is -0.631. The van der Waals surface area contributed by atoms with Crippen LogP contribution in [0.15, 0.2) is 36.5 Å². The van der Waals surface area contributed by atoms with Gasteiger partial charge in [-0.2, -0.15) is 5.26 Å². The van der Waals surface area contributed by atoms with Gasteiger partial charge in [-0.05, 0) is 6.07 Å². The minimum absolute atomic E-state index is 0.631. The second-order valence-corrected chi connectivity index (χ2v) is 3.35. The van der Waals surface area contributed by atoms with Crippen LogP contribution in [0.25, 0.3) is 10.9 Å². The van der Waals surface area contributed by atoms with Gasteiger partial charge in [0.15, 0.2) is 0 Å². The number of alkyl halides is 1. The van der Waals surface area contributed by atoms with Crippen LogP contribution in [0.2, 0.25) is 0 Å². The quantitative estimate of drug-likeness (QED) is 0.667. The maximum atomic E-state index is 8.74. The van der Waals surface area contributed by atoms with Gasteiger partial charge in [-0.25, -0.2) is 0 Å². The first-order valence-corrected chi connectivity index (χ1v) is 4.64. The summed E-state index contributed by atoms with van der Waals surface area (Å²) < 4.78 is 0. The van der Waals surface area contributed by atoms with E-state index in [2.05, 4.69) is 4.98 Å². The molecule has 0 aliphatic rings. The molecule has 3 heteroatoms. The van der Waals surface area contributed by atoms with E-state index >= 15 is 0 Å². The predicted octanol–water partition coefficient (Wildman–Crippen LogP) is 3.04. The minimum Gasteiger partial charge on any atom is -0.256 e. The van der Waals surface area contributed by atoms with Gasteiger partial charge in [0, 0.05) is 17.1 Å². The molecule has 2 rings (SSSR count). The highest BCUT2D eigenvalue weighted by atomic mass is 35.5. The van der Waals surface area contributed by atoms with Gasteiger partial charge in [-0.15, -0.1) is 11.6 Å². The number of hydrogen-bond donors (Lipinski definition) is 0. The van der Waals surface area contributed by atoms with E-state index in [4.69, 9.17) is 16.9 Å². The molecule has 0 N–H and O–H groups in total. The topological polar surface area (TPSA) is 36.7 Å². The van der Waals surface area contributed by atoms with Gasteiger partial charge in [0.2, 0.25) is 0 Å². The molecule has 0 fully saturated rings. The number of pyridine rings is 1. The Morgan fingerprint density at radius 3 is 2.86 bits per heavy atom. The highest BCUT2D eigenvalue weighted by Gasteiger charge is 2.10. The van der Waals surface area contributed by atoms with Gasteiger partial charge in [0.25, 0.3) is 0 Å². The molecule has 1 unspecified atom stereocenters. The molecule has 0 radical (unpaired) electrons. The van der Waals surface area contributed by atoms with Crippen LogP contribution in [0.3, 0.4) is 0 Å². The van der Waals surface area contributed by atoms with Crippen molar-refractivity contribution in [2.24, 2.45) is 0 Å². The molecular weight excluding hydrogens is 196 g/mol. The van der Waals surface area contributed by atoms with E-state index in [1.165, 1.54) is 0 Å². The summed E-state index contributed by atoms with van der Waals surface area (Å²) in [7, 11) is 0. The third-order valence-corrected chi connectivity index (χ3v) is 2.38. The number of hydrogen-bond acceptors (Lipinski definition) is 2. The van der Waals surface area contributed by atoms with E-state index in [1.54, 1.807) is 6.20 Å². The van der Waals surface area contributed by atoms with Gasteiger partial charge in [-0.3, -0.25) is 4.98 Å². The number of nitriles is 1. The summed E-state index contributed by atoms with van der Waals surface area (Å²) in [5, 5.41) is 9.11. The van der Waals surface area contributed by atoms with Crippen LogP contribution in [-0.4, -0.2) is 4.98 Å². The first-order chi connectivity index (χ1) is 6.83. The lowest BCUT2D eigenvalue weighted by Crippen LogP contribution is -1.90. The summed E-state index contributed by atoms with van der Waals surface area (Å²) in [5.74, 6) is 0. The standard InChI is InChI=1S/C11H7ClN2/c12-10(7-13)9-5-1-3-8-4-2-6-14-11(8)9/h1-6,10H. The van der Waals surface area contributed by atoms with Crippen molar-refractivity contribution in [2.45, 2.75) is 5.38 Å². The third kappa shape index (κ3) is 1.43. The van der Waals surface area contributed by atoms with Crippen LogP contribution in [0.1, 0.15) is 10.9 Å². The molecular formula is C11H7ClN2. The predicted molar refractivity (Wildman–Crippen MR) is 56.0 cm³/mol. The third-order valence-electron chi connectivity index (χ3n) is 2.05. The molecule has 1 aromatic heterocycles. The Morgan fingerprint density at radius 1 is 1.29 bits per heavy atom. The molecule has 14 heavy (non-hydrogen) atoms. The summed E-state index contributed by atoms with van der Waals surface area (Å²) in [6.45, 7) is 0. The number of rotatable bonds is 1. The van der Waals surface area contributed by atoms with Crippen molar-refractivity contribution < 1.29 is 0 Å². The maximum absolute atomic E-state index is 8.74. The van der Waals surface area contributed by atoms with Crippen molar-refractivity contribution in [1.29, 1.82) is 5.26 Å². The second kappa shape index (κ2) is 3.65. The molecule has 0 amide bonds. The fourth-order valence-corrected chi connectivity index (χ4v) is 1.58. The normalized spacial score (nSPS) is 12.3. The molecule has 2 nitrogen and oxygen atoms in total. The Labute approximate surface area is 86.8 Å². The monoisotopic (exact) mass is 202 g/mol. The van der Waals surface area contributed by atoms with Gasteiger partial charge < -0.3 is 0 Å². The summed E-state index contributed by atoms with van der Waals surface area (Å²) >= 11 is 5.87. The lowest BCUT2D eigenvalue weighted by atomic mass is 10.1. The van der Waals surface area contributed by atoms with E-state index in [0.717, 1.165) is 16.5 Å². The maximum Gasteiger partial charge on any atom is 0.147 e. The number of nitrogens with zero attached hydrogens (tertiary/aromatic N) is 2. The Hall–Kier alpha value is -1.59. The van der Waals surface area contributed by atoms with Crippen molar-refractivity contribution in [2.75, 3.05) is 0 Å². The fourth-order valence-electron chi connectivity index (χ4n) is 1.40. The zero-order valence-electron chi connectivity index (χ0n) is 7.31. The van der Waals surface area contributed by atoms with Gasteiger partial charge >= 0.3 is 0 Å². The molecule has 2 aromatic rings. The molecule has 0 aliphatic heterocycles. The summed E-state index contributed by atoms with van der Waals surface area (Å²) in [6, 6.07) is 11.5. The number of fused-ring (bicyclic) bond motifs is 1. The molecule has 0 aliphatic carbocycles. The fraction of sp³-hybridized carbons (Fsp3) is 0.0909. The smallest absolute Gasteiger partial charge is 0.147 e. The van der Waals surface area contributed by atoms with Crippen molar-refractivity contribution in [1.82, 2.24) is 4.98 Å². The number of para-hydroxylation sites is 1. The van der Waals surface area contributed by atoms with Gasteiger partial charge in [0.1, 0.15) is 5.38 Å². The molecule has 0 saturated heterocycles. The van der Waals surface area contributed by atoms with Crippen molar-refractivity contribution in [3.05, 3.63) is 42.1 Å². The van der Waals surface area contributed by atoms with Crippen LogP contribution in [-0.2, 0) is 0 Å². The molecule has 0 spiro atoms. The van der Waals surface area contributed by atoms with E-state index in [1.807, 2.05) is 36.4 Å². The average Bonchev–Trinajstić information content (AvgIpc) is 2.27. The van der Waals surface area contributed by atoms with E-state index in [-0.39, 0.29) is 0 Å². The Balaban J connectivity index is 2.72.